The van der Waals surface area contributed by atoms with Crippen molar-refractivity contribution in [2.24, 2.45) is 0 Å². The van der Waals surface area contributed by atoms with Gasteiger partial charge in [-0.05, 0) is 48.7 Å². The third-order valence-corrected chi connectivity index (χ3v) is 6.02. The number of nitrogens with one attached hydrogen (secondary N) is 1. The van der Waals surface area contributed by atoms with Crippen molar-refractivity contribution in [3.8, 4) is 0 Å². The lowest BCUT2D eigenvalue weighted by atomic mass is 9.86. The second-order valence-electron chi connectivity index (χ2n) is 7.41. The van der Waals surface area contributed by atoms with Crippen molar-refractivity contribution in [3.63, 3.8) is 0 Å². The van der Waals surface area contributed by atoms with Gasteiger partial charge < -0.3 is 10.2 Å². The van der Waals surface area contributed by atoms with Crippen LogP contribution in [0.4, 0.5) is 5.82 Å². The highest BCUT2D eigenvalue weighted by atomic mass is 79.9. The van der Waals surface area contributed by atoms with Gasteiger partial charge in [-0.3, -0.25) is 14.6 Å². The van der Waals surface area contributed by atoms with Gasteiger partial charge in [-0.15, -0.1) is 0 Å². The molecule has 0 unspecified atom stereocenters. The molecule has 5 rings (SSSR count). The zero-order chi connectivity index (χ0) is 19.3. The van der Waals surface area contributed by atoms with Gasteiger partial charge in [0.05, 0.1) is 0 Å². The summed E-state index contributed by atoms with van der Waals surface area (Å²) in [6.45, 7) is 0.574. The number of hydrogen-bond acceptors (Lipinski definition) is 4. The monoisotopic (exact) mass is 436 g/mol. The van der Waals surface area contributed by atoms with Crippen molar-refractivity contribution in [2.45, 2.75) is 18.3 Å². The van der Waals surface area contributed by atoms with Crippen molar-refractivity contribution >= 4 is 44.5 Å². The number of carbonyl (C=O) groups excluding carboxylic acids is 2. The molecule has 0 saturated heterocycles. The second kappa shape index (κ2) is 6.38. The minimum Gasteiger partial charge on any atom is -0.328 e. The Labute approximate surface area is 170 Å². The third kappa shape index (κ3) is 2.86. The summed E-state index contributed by atoms with van der Waals surface area (Å²) in [6, 6.07) is 11.4. The molecule has 1 fully saturated rings. The zero-order valence-electron chi connectivity index (χ0n) is 15.0. The molecular weight excluding hydrogens is 420 g/mol. The molecule has 2 aliphatic rings. The van der Waals surface area contributed by atoms with E-state index in [2.05, 4.69) is 31.2 Å². The number of rotatable bonds is 3. The number of carbonyl (C=O) groups is 2. The summed E-state index contributed by atoms with van der Waals surface area (Å²) in [5.74, 6) is 0.0487. The van der Waals surface area contributed by atoms with E-state index in [1.54, 1.807) is 17.3 Å². The molecule has 1 spiro atoms. The molecule has 1 saturated carbocycles. The first kappa shape index (κ1) is 17.3. The Hall–Kier alpha value is -2.80. The summed E-state index contributed by atoms with van der Waals surface area (Å²) in [4.78, 5) is 35.8. The number of halogens is 1. The van der Waals surface area contributed by atoms with Gasteiger partial charge in [-0.2, -0.15) is 0 Å². The average Bonchev–Trinajstić information content (AvgIpc) is 3.47. The van der Waals surface area contributed by atoms with Gasteiger partial charge in [0, 0.05) is 39.8 Å². The molecule has 2 aromatic heterocycles. The zero-order valence-corrected chi connectivity index (χ0v) is 16.6. The molecule has 0 radical (unpaired) electrons. The molecule has 28 heavy (non-hydrogen) atoms. The molecule has 6 nitrogen and oxygen atoms in total. The molecule has 2 amide bonds. The summed E-state index contributed by atoms with van der Waals surface area (Å²) < 4.78 is 0.978. The fourth-order valence-electron chi connectivity index (χ4n) is 3.98. The minimum atomic E-state index is -0.268. The van der Waals surface area contributed by atoms with E-state index in [0.717, 1.165) is 28.3 Å². The lowest BCUT2D eigenvalue weighted by Gasteiger charge is -2.34. The van der Waals surface area contributed by atoms with Crippen LogP contribution in [0, 0.1) is 0 Å². The van der Waals surface area contributed by atoms with Crippen molar-refractivity contribution in [1.29, 1.82) is 0 Å². The quantitative estimate of drug-likeness (QED) is 0.681. The Morgan fingerprint density at radius 1 is 1.18 bits per heavy atom. The summed E-state index contributed by atoms with van der Waals surface area (Å²) in [5, 5.41) is 3.72. The molecule has 140 valence electrons. The Bertz CT molecular complexity index is 1120. The van der Waals surface area contributed by atoms with E-state index in [-0.39, 0.29) is 23.8 Å². The molecular formula is C21H17BrN4O2. The van der Waals surface area contributed by atoms with Crippen LogP contribution in [0.3, 0.4) is 0 Å². The number of nitrogens with zero attached hydrogens (tertiary/aromatic N) is 3. The maximum Gasteiger partial charge on any atom is 0.254 e. The van der Waals surface area contributed by atoms with E-state index < -0.39 is 0 Å². The van der Waals surface area contributed by atoms with Gasteiger partial charge in [-0.25, -0.2) is 4.98 Å². The Balaban J connectivity index is 1.38. The van der Waals surface area contributed by atoms with Crippen molar-refractivity contribution < 1.29 is 9.59 Å². The third-order valence-electron chi connectivity index (χ3n) is 5.53. The van der Waals surface area contributed by atoms with Gasteiger partial charge in [0.2, 0.25) is 5.91 Å². The average molecular weight is 437 g/mol. The van der Waals surface area contributed by atoms with Crippen LogP contribution in [0.25, 0.3) is 10.9 Å². The second-order valence-corrected chi connectivity index (χ2v) is 8.33. The van der Waals surface area contributed by atoms with Gasteiger partial charge in [0.1, 0.15) is 12.1 Å². The first-order valence-electron chi connectivity index (χ1n) is 9.15. The van der Waals surface area contributed by atoms with Crippen molar-refractivity contribution in [2.75, 3.05) is 18.4 Å². The van der Waals surface area contributed by atoms with E-state index in [9.17, 15) is 9.59 Å². The van der Waals surface area contributed by atoms with Crippen molar-refractivity contribution in [3.05, 3.63) is 64.4 Å². The molecule has 0 bridgehead atoms. The SMILES string of the molecule is O=C(CN1CC2(CC2)c2cc(Br)ccc2C1=O)Nc1nccc2cccnc12. The molecule has 3 aromatic rings. The van der Waals surface area contributed by atoms with Crippen LogP contribution in [0.15, 0.2) is 53.3 Å². The van der Waals surface area contributed by atoms with E-state index in [1.807, 2.05) is 36.4 Å². The predicted molar refractivity (Wildman–Crippen MR) is 109 cm³/mol. The summed E-state index contributed by atoms with van der Waals surface area (Å²) in [7, 11) is 0. The summed E-state index contributed by atoms with van der Waals surface area (Å²) in [6.07, 6.45) is 5.38. The number of pyridine rings is 2. The standard InChI is InChI=1S/C21H17BrN4O2/c22-14-3-4-15-16(10-14)21(6-7-21)12-26(20(15)28)11-17(27)25-19-18-13(5-9-24-19)2-1-8-23-18/h1-5,8-10H,6-7,11-12H2,(H,24,25,27). The number of amides is 2. The minimum absolute atomic E-state index is 0.000981. The number of anilines is 1. The first-order valence-corrected chi connectivity index (χ1v) is 9.94. The fourth-order valence-corrected chi connectivity index (χ4v) is 4.34. The molecule has 1 aromatic carbocycles. The molecule has 1 aliphatic heterocycles. The van der Waals surface area contributed by atoms with Crippen LogP contribution < -0.4 is 5.32 Å². The Morgan fingerprint density at radius 2 is 2.04 bits per heavy atom. The number of hydrogen-bond donors (Lipinski definition) is 1. The van der Waals surface area contributed by atoms with E-state index in [4.69, 9.17) is 0 Å². The van der Waals surface area contributed by atoms with Gasteiger partial charge in [-0.1, -0.05) is 22.0 Å². The van der Waals surface area contributed by atoms with Gasteiger partial charge >= 0.3 is 0 Å². The van der Waals surface area contributed by atoms with Gasteiger partial charge in [0.25, 0.3) is 5.91 Å². The summed E-state index contributed by atoms with van der Waals surface area (Å²) >= 11 is 3.50. The fraction of sp³-hybridized carbons (Fsp3) is 0.238. The Kier molecular flexibility index (Phi) is 3.94. The lowest BCUT2D eigenvalue weighted by Crippen LogP contribution is -2.46. The summed E-state index contributed by atoms with van der Waals surface area (Å²) in [5.41, 5.74) is 2.43. The van der Waals surface area contributed by atoms with Crippen LogP contribution in [0.1, 0.15) is 28.8 Å². The normalized spacial score (nSPS) is 16.9. The number of fused-ring (bicyclic) bond motifs is 3. The van der Waals surface area contributed by atoms with E-state index in [1.165, 1.54) is 0 Å². The van der Waals surface area contributed by atoms with Crippen molar-refractivity contribution in [1.82, 2.24) is 14.9 Å². The van der Waals surface area contributed by atoms with E-state index >= 15 is 0 Å². The number of benzene rings is 1. The van der Waals surface area contributed by atoms with Crippen LogP contribution in [0.2, 0.25) is 0 Å². The highest BCUT2D eigenvalue weighted by molar-refractivity contribution is 9.10. The molecule has 1 aliphatic carbocycles. The molecule has 3 heterocycles. The highest BCUT2D eigenvalue weighted by Gasteiger charge is 2.51. The smallest absolute Gasteiger partial charge is 0.254 e. The maximum absolute atomic E-state index is 12.9. The van der Waals surface area contributed by atoms with Crippen LogP contribution >= 0.6 is 15.9 Å². The van der Waals surface area contributed by atoms with Crippen LogP contribution in [-0.2, 0) is 10.2 Å². The maximum atomic E-state index is 12.9. The Morgan fingerprint density at radius 3 is 2.86 bits per heavy atom. The molecule has 7 heteroatoms. The molecule has 1 N–H and O–H groups in total. The van der Waals surface area contributed by atoms with Crippen LogP contribution in [0.5, 0.6) is 0 Å². The lowest BCUT2D eigenvalue weighted by molar-refractivity contribution is -0.117. The number of aromatic nitrogens is 2. The predicted octanol–water partition coefficient (Wildman–Crippen LogP) is 3.52. The highest BCUT2D eigenvalue weighted by Crippen LogP contribution is 2.52. The topological polar surface area (TPSA) is 75.2 Å². The van der Waals surface area contributed by atoms with E-state index in [0.29, 0.717) is 23.4 Å². The van der Waals surface area contributed by atoms with Gasteiger partial charge in [0.15, 0.2) is 5.82 Å². The molecule has 0 atom stereocenters. The first-order chi connectivity index (χ1) is 13.6. The van der Waals surface area contributed by atoms with Crippen LogP contribution in [-0.4, -0.2) is 39.8 Å². The largest absolute Gasteiger partial charge is 0.328 e.